The Morgan fingerprint density at radius 3 is 2.58 bits per heavy atom. The van der Waals surface area contributed by atoms with E-state index in [0.29, 0.717) is 5.75 Å². The Labute approximate surface area is 116 Å². The molecule has 0 saturated heterocycles. The lowest BCUT2D eigenvalue weighted by atomic mass is 10.2. The molecule has 0 aromatic heterocycles. The van der Waals surface area contributed by atoms with Gasteiger partial charge in [-0.2, -0.15) is 5.10 Å². The third-order valence-corrected chi connectivity index (χ3v) is 4.18. The van der Waals surface area contributed by atoms with Crippen molar-refractivity contribution in [3.05, 3.63) is 65.2 Å². The van der Waals surface area contributed by atoms with Gasteiger partial charge in [-0.15, -0.1) is 0 Å². The minimum atomic E-state index is -0.0301. The smallest absolute Gasteiger partial charge is 0.126 e. The summed E-state index contributed by atoms with van der Waals surface area (Å²) in [6.45, 7) is 2.07. The number of para-hydroxylation sites is 1. The van der Waals surface area contributed by atoms with E-state index in [1.54, 1.807) is 17.8 Å². The minimum Gasteiger partial charge on any atom is -0.508 e. The van der Waals surface area contributed by atoms with E-state index in [9.17, 15) is 5.11 Å². The number of aromatic hydroxyl groups is 1. The standard InChI is InChI=1S/C15H14N2OS/c1-10-6-8-11(9-7-10)14-16-17-15(19-14)12-4-2-3-5-13(12)18/h2-9,15,17-18H,1H3/t15-/m1/s1. The monoisotopic (exact) mass is 270 g/mol. The maximum atomic E-state index is 9.86. The Morgan fingerprint density at radius 1 is 1.11 bits per heavy atom. The minimum absolute atomic E-state index is 0.0301. The first-order chi connectivity index (χ1) is 9.24. The van der Waals surface area contributed by atoms with Gasteiger partial charge in [-0.25, -0.2) is 0 Å². The van der Waals surface area contributed by atoms with E-state index in [1.165, 1.54) is 5.56 Å². The van der Waals surface area contributed by atoms with Crippen LogP contribution in [0.3, 0.4) is 0 Å². The van der Waals surface area contributed by atoms with Gasteiger partial charge in [-0.3, -0.25) is 5.43 Å². The van der Waals surface area contributed by atoms with Gasteiger partial charge in [0.25, 0.3) is 0 Å². The molecule has 2 N–H and O–H groups in total. The summed E-state index contributed by atoms with van der Waals surface area (Å²) in [5, 5.41) is 15.1. The summed E-state index contributed by atoms with van der Waals surface area (Å²) in [4.78, 5) is 0. The maximum Gasteiger partial charge on any atom is 0.126 e. The summed E-state index contributed by atoms with van der Waals surface area (Å²) < 4.78 is 0. The van der Waals surface area contributed by atoms with Crippen molar-refractivity contribution in [2.75, 3.05) is 0 Å². The van der Waals surface area contributed by atoms with Crippen LogP contribution < -0.4 is 5.43 Å². The van der Waals surface area contributed by atoms with Gasteiger partial charge in [0.05, 0.1) is 0 Å². The van der Waals surface area contributed by atoms with Crippen LogP contribution in [0.5, 0.6) is 5.75 Å². The highest BCUT2D eigenvalue weighted by Crippen LogP contribution is 2.37. The van der Waals surface area contributed by atoms with E-state index >= 15 is 0 Å². The Bertz CT molecular complexity index is 622. The Kier molecular flexibility index (Phi) is 3.17. The van der Waals surface area contributed by atoms with Gasteiger partial charge in [0.2, 0.25) is 0 Å². The SMILES string of the molecule is Cc1ccc(C2=NN[C@@H](c3ccccc3O)S2)cc1. The summed E-state index contributed by atoms with van der Waals surface area (Å²) in [6.07, 6.45) is 0. The molecule has 4 heteroatoms. The first-order valence-electron chi connectivity index (χ1n) is 6.09. The molecule has 0 aliphatic carbocycles. The normalized spacial score (nSPS) is 17.9. The fourth-order valence-corrected chi connectivity index (χ4v) is 2.99. The number of aryl methyl sites for hydroxylation is 1. The summed E-state index contributed by atoms with van der Waals surface area (Å²) in [7, 11) is 0. The second-order valence-electron chi connectivity index (χ2n) is 4.47. The van der Waals surface area contributed by atoms with Gasteiger partial charge in [-0.1, -0.05) is 59.8 Å². The Hall–Kier alpha value is -1.94. The molecular formula is C15H14N2OS. The number of thioether (sulfide) groups is 1. The lowest BCUT2D eigenvalue weighted by molar-refractivity contribution is 0.465. The number of nitrogens with one attached hydrogen (secondary N) is 1. The lowest BCUT2D eigenvalue weighted by Gasteiger charge is -2.10. The van der Waals surface area contributed by atoms with Crippen LogP contribution in [-0.4, -0.2) is 10.2 Å². The number of hydrogen-bond acceptors (Lipinski definition) is 4. The van der Waals surface area contributed by atoms with E-state index in [-0.39, 0.29) is 5.37 Å². The van der Waals surface area contributed by atoms with Crippen LogP contribution in [0, 0.1) is 6.92 Å². The summed E-state index contributed by atoms with van der Waals surface area (Å²) in [5.41, 5.74) is 6.26. The molecule has 1 atom stereocenters. The zero-order chi connectivity index (χ0) is 13.2. The van der Waals surface area contributed by atoms with Gasteiger partial charge in [0.15, 0.2) is 0 Å². The van der Waals surface area contributed by atoms with Crippen molar-refractivity contribution in [2.24, 2.45) is 5.10 Å². The number of phenols is 1. The van der Waals surface area contributed by atoms with Crippen molar-refractivity contribution in [3.8, 4) is 5.75 Å². The largest absolute Gasteiger partial charge is 0.508 e. The van der Waals surface area contributed by atoms with E-state index in [0.717, 1.165) is 16.2 Å². The molecule has 2 aromatic carbocycles. The molecular weight excluding hydrogens is 256 g/mol. The highest BCUT2D eigenvalue weighted by Gasteiger charge is 2.23. The molecule has 0 unspecified atom stereocenters. The number of nitrogens with zero attached hydrogens (tertiary/aromatic N) is 1. The first-order valence-corrected chi connectivity index (χ1v) is 6.97. The van der Waals surface area contributed by atoms with Crippen LogP contribution in [0.4, 0.5) is 0 Å². The summed E-state index contributed by atoms with van der Waals surface area (Å²) in [5.74, 6) is 0.299. The predicted molar refractivity (Wildman–Crippen MR) is 79.3 cm³/mol. The Balaban J connectivity index is 1.80. The number of rotatable bonds is 2. The summed E-state index contributed by atoms with van der Waals surface area (Å²) >= 11 is 1.62. The van der Waals surface area contributed by atoms with Crippen molar-refractivity contribution in [1.29, 1.82) is 0 Å². The second-order valence-corrected chi connectivity index (χ2v) is 5.56. The van der Waals surface area contributed by atoms with Gasteiger partial charge < -0.3 is 5.11 Å². The van der Waals surface area contributed by atoms with E-state index in [4.69, 9.17) is 0 Å². The highest BCUT2D eigenvalue weighted by molar-refractivity contribution is 8.14. The molecule has 0 saturated carbocycles. The number of phenolic OH excluding ortho intramolecular Hbond substituents is 1. The molecule has 0 bridgehead atoms. The molecule has 1 aliphatic rings. The first kappa shape index (κ1) is 12.1. The predicted octanol–water partition coefficient (Wildman–Crippen LogP) is 3.40. The van der Waals surface area contributed by atoms with Crippen LogP contribution in [0.25, 0.3) is 0 Å². The van der Waals surface area contributed by atoms with Crippen molar-refractivity contribution in [1.82, 2.24) is 5.43 Å². The van der Waals surface area contributed by atoms with Crippen LogP contribution in [0.1, 0.15) is 22.1 Å². The molecule has 2 aromatic rings. The molecule has 0 fully saturated rings. The average Bonchev–Trinajstić information content (AvgIpc) is 2.89. The lowest BCUT2D eigenvalue weighted by Crippen LogP contribution is -2.06. The molecule has 19 heavy (non-hydrogen) atoms. The highest BCUT2D eigenvalue weighted by atomic mass is 32.2. The van der Waals surface area contributed by atoms with Crippen molar-refractivity contribution in [2.45, 2.75) is 12.3 Å². The van der Waals surface area contributed by atoms with Crippen molar-refractivity contribution >= 4 is 16.8 Å². The number of hydrogen-bond donors (Lipinski definition) is 2. The second kappa shape index (κ2) is 4.97. The molecule has 1 aliphatic heterocycles. The summed E-state index contributed by atoms with van der Waals surface area (Å²) in [6, 6.07) is 15.6. The van der Waals surface area contributed by atoms with Crippen LogP contribution in [0.15, 0.2) is 53.6 Å². The van der Waals surface area contributed by atoms with Crippen LogP contribution in [-0.2, 0) is 0 Å². The number of hydrazone groups is 1. The van der Waals surface area contributed by atoms with Gasteiger partial charge in [-0.05, 0) is 13.0 Å². The molecule has 1 heterocycles. The zero-order valence-corrected chi connectivity index (χ0v) is 11.3. The number of benzene rings is 2. The third kappa shape index (κ3) is 2.44. The van der Waals surface area contributed by atoms with Crippen molar-refractivity contribution in [3.63, 3.8) is 0 Å². The van der Waals surface area contributed by atoms with Crippen LogP contribution in [0.2, 0.25) is 0 Å². The van der Waals surface area contributed by atoms with E-state index < -0.39 is 0 Å². The topological polar surface area (TPSA) is 44.6 Å². The molecule has 0 radical (unpaired) electrons. The molecule has 3 nitrogen and oxygen atoms in total. The fourth-order valence-electron chi connectivity index (χ4n) is 1.95. The zero-order valence-electron chi connectivity index (χ0n) is 10.5. The van der Waals surface area contributed by atoms with E-state index in [1.807, 2.05) is 18.2 Å². The maximum absolute atomic E-state index is 9.86. The van der Waals surface area contributed by atoms with Gasteiger partial charge >= 0.3 is 0 Å². The molecule has 96 valence electrons. The van der Waals surface area contributed by atoms with Gasteiger partial charge in [0, 0.05) is 11.1 Å². The molecule has 0 amide bonds. The quantitative estimate of drug-likeness (QED) is 0.879. The van der Waals surface area contributed by atoms with E-state index in [2.05, 4.69) is 41.7 Å². The third-order valence-electron chi connectivity index (χ3n) is 3.03. The van der Waals surface area contributed by atoms with Crippen LogP contribution >= 0.6 is 11.8 Å². The average molecular weight is 270 g/mol. The van der Waals surface area contributed by atoms with Crippen molar-refractivity contribution < 1.29 is 5.11 Å². The fraction of sp³-hybridized carbons (Fsp3) is 0.133. The Morgan fingerprint density at radius 2 is 1.84 bits per heavy atom. The van der Waals surface area contributed by atoms with Gasteiger partial charge in [0.1, 0.15) is 16.2 Å². The molecule has 0 spiro atoms. The molecule has 3 rings (SSSR count).